The molecular formula is C12H13ClFN5O. The molecule has 3 N–H and O–H groups in total. The molecule has 2 aromatic rings. The molecule has 1 aromatic carbocycles. The number of aromatic nitrogens is 3. The maximum atomic E-state index is 13.1. The second-order valence-corrected chi connectivity index (χ2v) is 4.53. The predicted octanol–water partition coefficient (Wildman–Crippen LogP) is 0.694. The molecule has 2 rings (SSSR count). The molecule has 0 radical (unpaired) electrons. The second-order valence-electron chi connectivity index (χ2n) is 4.12. The number of amides is 1. The van der Waals surface area contributed by atoms with E-state index in [1.54, 1.807) is 6.20 Å². The zero-order valence-corrected chi connectivity index (χ0v) is 11.3. The standard InChI is InChI=1S/C12H13ClFN5O/c13-11-2-1-9(14)3-8(11)6-19-7-10(17-18-19)5-16-12(20)4-15/h1-3,7H,4-6,15H2,(H,16,20). The van der Waals surface area contributed by atoms with Gasteiger partial charge in [0.25, 0.3) is 0 Å². The maximum Gasteiger partial charge on any atom is 0.234 e. The highest BCUT2D eigenvalue weighted by Crippen LogP contribution is 2.17. The van der Waals surface area contributed by atoms with Crippen LogP contribution in [-0.2, 0) is 17.9 Å². The van der Waals surface area contributed by atoms with Crippen LogP contribution in [0.25, 0.3) is 0 Å². The summed E-state index contributed by atoms with van der Waals surface area (Å²) in [5.74, 6) is -0.632. The van der Waals surface area contributed by atoms with Crippen LogP contribution in [-0.4, -0.2) is 27.4 Å². The highest BCUT2D eigenvalue weighted by atomic mass is 35.5. The SMILES string of the molecule is NCC(=O)NCc1cn(Cc2cc(F)ccc2Cl)nn1. The fourth-order valence-electron chi connectivity index (χ4n) is 1.60. The van der Waals surface area contributed by atoms with E-state index in [2.05, 4.69) is 15.6 Å². The number of hydrogen-bond donors (Lipinski definition) is 2. The van der Waals surface area contributed by atoms with Crippen molar-refractivity contribution in [3.8, 4) is 0 Å². The average Bonchev–Trinajstić information content (AvgIpc) is 2.88. The Bertz CT molecular complexity index is 616. The third-order valence-corrected chi connectivity index (χ3v) is 2.95. The molecule has 1 amide bonds. The van der Waals surface area contributed by atoms with Gasteiger partial charge in [-0.15, -0.1) is 5.10 Å². The van der Waals surface area contributed by atoms with E-state index in [9.17, 15) is 9.18 Å². The lowest BCUT2D eigenvalue weighted by Gasteiger charge is -2.03. The topological polar surface area (TPSA) is 85.8 Å². The largest absolute Gasteiger partial charge is 0.349 e. The van der Waals surface area contributed by atoms with Crippen LogP contribution in [0.1, 0.15) is 11.3 Å². The Balaban J connectivity index is 2.02. The first-order valence-electron chi connectivity index (χ1n) is 5.88. The molecule has 8 heteroatoms. The molecule has 0 aliphatic rings. The maximum absolute atomic E-state index is 13.1. The van der Waals surface area contributed by atoms with Crippen molar-refractivity contribution in [2.45, 2.75) is 13.1 Å². The quantitative estimate of drug-likeness (QED) is 0.850. The first-order valence-corrected chi connectivity index (χ1v) is 6.26. The molecule has 0 atom stereocenters. The fraction of sp³-hybridized carbons (Fsp3) is 0.250. The van der Waals surface area contributed by atoms with Gasteiger partial charge in [-0.05, 0) is 23.8 Å². The molecule has 0 bridgehead atoms. The molecule has 0 aliphatic carbocycles. The molecule has 1 aromatic heterocycles. The van der Waals surface area contributed by atoms with Crippen molar-refractivity contribution in [1.29, 1.82) is 0 Å². The van der Waals surface area contributed by atoms with Crippen LogP contribution in [0.4, 0.5) is 4.39 Å². The number of nitrogens with zero attached hydrogens (tertiary/aromatic N) is 3. The lowest BCUT2D eigenvalue weighted by Crippen LogP contribution is -2.29. The van der Waals surface area contributed by atoms with Gasteiger partial charge >= 0.3 is 0 Å². The van der Waals surface area contributed by atoms with Gasteiger partial charge in [0.2, 0.25) is 5.91 Å². The van der Waals surface area contributed by atoms with Crippen molar-refractivity contribution in [1.82, 2.24) is 20.3 Å². The lowest BCUT2D eigenvalue weighted by atomic mass is 10.2. The van der Waals surface area contributed by atoms with E-state index in [0.717, 1.165) is 0 Å². The highest BCUT2D eigenvalue weighted by Gasteiger charge is 2.06. The summed E-state index contributed by atoms with van der Waals surface area (Å²) in [6.45, 7) is 0.467. The van der Waals surface area contributed by atoms with Crippen molar-refractivity contribution in [3.63, 3.8) is 0 Å². The Morgan fingerprint density at radius 2 is 2.30 bits per heavy atom. The molecule has 0 aliphatic heterocycles. The Morgan fingerprint density at radius 1 is 1.50 bits per heavy atom. The monoisotopic (exact) mass is 297 g/mol. The summed E-state index contributed by atoms with van der Waals surface area (Å²) in [7, 11) is 0. The van der Waals surface area contributed by atoms with Crippen LogP contribution in [0.2, 0.25) is 5.02 Å². The number of nitrogens with two attached hydrogens (primary N) is 1. The van der Waals surface area contributed by atoms with Crippen LogP contribution in [0.3, 0.4) is 0 Å². The zero-order valence-electron chi connectivity index (χ0n) is 10.5. The summed E-state index contributed by atoms with van der Waals surface area (Å²) in [6, 6.07) is 4.13. The number of halogens is 2. The Labute approximate surface area is 119 Å². The number of hydrogen-bond acceptors (Lipinski definition) is 4. The van der Waals surface area contributed by atoms with Gasteiger partial charge in [-0.3, -0.25) is 4.79 Å². The van der Waals surface area contributed by atoms with Gasteiger partial charge in [-0.25, -0.2) is 9.07 Å². The number of rotatable bonds is 5. The molecular weight excluding hydrogens is 285 g/mol. The molecule has 1 heterocycles. The van der Waals surface area contributed by atoms with E-state index in [0.29, 0.717) is 22.8 Å². The van der Waals surface area contributed by atoms with E-state index in [4.69, 9.17) is 17.3 Å². The summed E-state index contributed by atoms with van der Waals surface area (Å²) in [5, 5.41) is 10.8. The normalized spacial score (nSPS) is 10.6. The summed E-state index contributed by atoms with van der Waals surface area (Å²) in [4.78, 5) is 11.0. The van der Waals surface area contributed by atoms with Crippen molar-refractivity contribution in [2.75, 3.05) is 6.54 Å². The minimum Gasteiger partial charge on any atom is -0.349 e. The number of benzene rings is 1. The second kappa shape index (κ2) is 6.44. The van der Waals surface area contributed by atoms with Crippen LogP contribution in [0.15, 0.2) is 24.4 Å². The van der Waals surface area contributed by atoms with Gasteiger partial charge in [0.1, 0.15) is 11.5 Å². The summed E-state index contributed by atoms with van der Waals surface area (Å²) in [6.07, 6.45) is 1.65. The van der Waals surface area contributed by atoms with Crippen molar-refractivity contribution in [2.24, 2.45) is 5.73 Å². The lowest BCUT2D eigenvalue weighted by molar-refractivity contribution is -0.119. The molecule has 6 nitrogen and oxygen atoms in total. The van der Waals surface area contributed by atoms with Crippen LogP contribution in [0, 0.1) is 5.82 Å². The van der Waals surface area contributed by atoms with Crippen LogP contribution >= 0.6 is 11.6 Å². The van der Waals surface area contributed by atoms with E-state index < -0.39 is 0 Å². The number of carbonyl (C=O) groups is 1. The first-order chi connectivity index (χ1) is 9.58. The average molecular weight is 298 g/mol. The highest BCUT2D eigenvalue weighted by molar-refractivity contribution is 6.31. The molecule has 0 spiro atoms. The molecule has 0 unspecified atom stereocenters. The van der Waals surface area contributed by atoms with Gasteiger partial charge in [0.15, 0.2) is 0 Å². The van der Waals surface area contributed by atoms with Gasteiger partial charge in [0.05, 0.1) is 25.8 Å². The number of nitrogens with one attached hydrogen (secondary N) is 1. The van der Waals surface area contributed by atoms with E-state index in [1.807, 2.05) is 0 Å². The molecule has 20 heavy (non-hydrogen) atoms. The van der Waals surface area contributed by atoms with Crippen LogP contribution < -0.4 is 11.1 Å². The Kier molecular flexibility index (Phi) is 4.65. The van der Waals surface area contributed by atoms with Crippen molar-refractivity contribution < 1.29 is 9.18 Å². The third kappa shape index (κ3) is 3.75. The van der Waals surface area contributed by atoms with Gasteiger partial charge in [-0.2, -0.15) is 0 Å². The summed E-state index contributed by atoms with van der Waals surface area (Å²) >= 11 is 5.98. The van der Waals surface area contributed by atoms with E-state index in [1.165, 1.54) is 22.9 Å². The molecule has 0 fully saturated rings. The summed E-state index contributed by atoms with van der Waals surface area (Å²) in [5.41, 5.74) is 6.36. The fourth-order valence-corrected chi connectivity index (χ4v) is 1.77. The van der Waals surface area contributed by atoms with E-state index >= 15 is 0 Å². The van der Waals surface area contributed by atoms with Gasteiger partial charge < -0.3 is 11.1 Å². The van der Waals surface area contributed by atoms with E-state index in [-0.39, 0.29) is 24.8 Å². The summed E-state index contributed by atoms with van der Waals surface area (Å²) < 4.78 is 14.7. The van der Waals surface area contributed by atoms with Crippen molar-refractivity contribution in [3.05, 3.63) is 46.5 Å². The minimum absolute atomic E-state index is 0.0764. The Morgan fingerprint density at radius 3 is 3.05 bits per heavy atom. The van der Waals surface area contributed by atoms with Crippen molar-refractivity contribution >= 4 is 17.5 Å². The molecule has 0 saturated heterocycles. The zero-order chi connectivity index (χ0) is 14.5. The third-order valence-electron chi connectivity index (χ3n) is 2.58. The first kappa shape index (κ1) is 14.4. The molecule has 106 valence electrons. The Hall–Kier alpha value is -1.99. The number of carbonyl (C=O) groups excluding carboxylic acids is 1. The van der Waals surface area contributed by atoms with Crippen LogP contribution in [0.5, 0.6) is 0 Å². The van der Waals surface area contributed by atoms with Gasteiger partial charge in [-0.1, -0.05) is 16.8 Å². The predicted molar refractivity (Wildman–Crippen MR) is 71.4 cm³/mol. The smallest absolute Gasteiger partial charge is 0.234 e. The molecule has 0 saturated carbocycles. The minimum atomic E-state index is -0.361. The van der Waals surface area contributed by atoms with Gasteiger partial charge in [0, 0.05) is 5.02 Å².